The lowest BCUT2D eigenvalue weighted by molar-refractivity contribution is -0.161. The lowest BCUT2D eigenvalue weighted by Crippen LogP contribution is -2.30. The summed E-state index contributed by atoms with van der Waals surface area (Å²) >= 11 is 0. The number of phosphoric acid groups is 1. The summed E-state index contributed by atoms with van der Waals surface area (Å²) < 4.78 is 39.5. The normalized spacial score (nSPS) is 14.4. The van der Waals surface area contributed by atoms with Crippen LogP contribution in [0.1, 0.15) is 213 Å². The topological polar surface area (TPSA) is 155 Å². The number of esters is 3. The van der Waals surface area contributed by atoms with E-state index in [1.807, 2.05) is 24.3 Å². The monoisotopic (exact) mass is 1130 g/mol. The molecule has 12 heteroatoms. The third-order valence-corrected chi connectivity index (χ3v) is 12.9. The van der Waals surface area contributed by atoms with E-state index in [4.69, 9.17) is 23.3 Å². The zero-order valence-electron chi connectivity index (χ0n) is 49.7. The van der Waals surface area contributed by atoms with Gasteiger partial charge in [0.15, 0.2) is 6.10 Å². The quantitative estimate of drug-likeness (QED) is 0.0197. The number of ether oxygens (including phenoxy) is 3. The summed E-state index contributed by atoms with van der Waals surface area (Å²) in [5.74, 6) is -1.63. The van der Waals surface area contributed by atoms with E-state index in [1.165, 1.54) is 25.7 Å². The van der Waals surface area contributed by atoms with Gasteiger partial charge in [0.25, 0.3) is 0 Å². The van der Waals surface area contributed by atoms with E-state index in [-0.39, 0.29) is 25.9 Å². The minimum atomic E-state index is -4.80. The number of phosphoric ester groups is 1. The maximum absolute atomic E-state index is 12.9. The van der Waals surface area contributed by atoms with Crippen molar-refractivity contribution in [2.75, 3.05) is 26.4 Å². The smallest absolute Gasteiger partial charge is 0.462 e. The van der Waals surface area contributed by atoms with Crippen molar-refractivity contribution in [3.63, 3.8) is 0 Å². The van der Waals surface area contributed by atoms with Gasteiger partial charge in [0, 0.05) is 19.3 Å². The first kappa shape index (κ1) is 75.1. The van der Waals surface area contributed by atoms with Crippen molar-refractivity contribution in [1.82, 2.24) is 0 Å². The van der Waals surface area contributed by atoms with Gasteiger partial charge in [-0.05, 0) is 135 Å². The van der Waals surface area contributed by atoms with Gasteiger partial charge < -0.3 is 24.2 Å². The van der Waals surface area contributed by atoms with E-state index in [1.54, 1.807) is 0 Å². The molecule has 0 aromatic carbocycles. The van der Waals surface area contributed by atoms with E-state index in [0.29, 0.717) is 32.1 Å². The van der Waals surface area contributed by atoms with Crippen LogP contribution in [-0.4, -0.2) is 66.5 Å². The molecule has 0 saturated carbocycles. The van der Waals surface area contributed by atoms with Gasteiger partial charge in [-0.25, -0.2) is 4.57 Å². The van der Waals surface area contributed by atoms with Crippen LogP contribution in [0.15, 0.2) is 158 Å². The lowest BCUT2D eigenvalue weighted by atomic mass is 10.1. The molecule has 0 aliphatic carbocycles. The Bertz CT molecular complexity index is 1950. The number of aliphatic hydroxyl groups is 1. The zero-order chi connectivity index (χ0) is 58.3. The number of hydrogen-bond acceptors (Lipinski definition) is 10. The van der Waals surface area contributed by atoms with Crippen LogP contribution in [0.5, 0.6) is 0 Å². The number of allylic oxidation sites excluding steroid dienone is 26. The van der Waals surface area contributed by atoms with E-state index >= 15 is 0 Å². The molecule has 0 fully saturated rings. The van der Waals surface area contributed by atoms with Crippen molar-refractivity contribution < 1.29 is 52.2 Å². The average molecular weight is 1130 g/mol. The maximum atomic E-state index is 12.9. The Morgan fingerprint density at radius 3 is 1.04 bits per heavy atom. The molecule has 3 unspecified atom stereocenters. The molecule has 0 aliphatic rings. The van der Waals surface area contributed by atoms with Crippen LogP contribution >= 0.6 is 7.82 Å². The third kappa shape index (κ3) is 57.8. The number of rotatable bonds is 54. The molecule has 0 radical (unpaired) electrons. The Morgan fingerprint density at radius 1 is 0.362 bits per heavy atom. The summed E-state index contributed by atoms with van der Waals surface area (Å²) in [7, 11) is -4.80. The fourth-order valence-electron chi connectivity index (χ4n) is 7.37. The van der Waals surface area contributed by atoms with Crippen LogP contribution in [0, 0.1) is 0 Å². The Balaban J connectivity index is 4.90. The highest BCUT2D eigenvalue weighted by Crippen LogP contribution is 2.43. The molecule has 0 heterocycles. The van der Waals surface area contributed by atoms with Crippen molar-refractivity contribution in [2.45, 2.75) is 226 Å². The summed E-state index contributed by atoms with van der Waals surface area (Å²) in [5, 5.41) is 9.83. The number of hydrogen-bond donors (Lipinski definition) is 2. The fourth-order valence-corrected chi connectivity index (χ4v) is 8.16. The molecule has 80 heavy (non-hydrogen) atoms. The predicted molar refractivity (Wildman–Crippen MR) is 334 cm³/mol. The highest BCUT2D eigenvalue weighted by Gasteiger charge is 2.28. The zero-order valence-corrected chi connectivity index (χ0v) is 50.6. The second-order valence-corrected chi connectivity index (χ2v) is 20.8. The molecule has 2 N–H and O–H groups in total. The molecule has 3 atom stereocenters. The van der Waals surface area contributed by atoms with E-state index in [9.17, 15) is 28.9 Å². The van der Waals surface area contributed by atoms with Crippen molar-refractivity contribution in [2.24, 2.45) is 0 Å². The molecule has 0 aromatic heterocycles. The van der Waals surface area contributed by atoms with Crippen molar-refractivity contribution in [3.8, 4) is 0 Å². The molecule has 11 nitrogen and oxygen atoms in total. The summed E-state index contributed by atoms with van der Waals surface area (Å²) in [6.07, 6.45) is 79.2. The number of unbranched alkanes of at least 4 members (excludes halogenated alkanes) is 11. The third-order valence-electron chi connectivity index (χ3n) is 11.9. The van der Waals surface area contributed by atoms with Gasteiger partial charge in [0.1, 0.15) is 12.7 Å². The average Bonchev–Trinajstić information content (AvgIpc) is 3.45. The maximum Gasteiger partial charge on any atom is 0.472 e. The van der Waals surface area contributed by atoms with Gasteiger partial charge in [0.05, 0.1) is 19.8 Å². The minimum Gasteiger partial charge on any atom is -0.462 e. The summed E-state index contributed by atoms with van der Waals surface area (Å²) in [6, 6.07) is 0. The van der Waals surface area contributed by atoms with Gasteiger partial charge in [-0.2, -0.15) is 0 Å². The molecule has 450 valence electrons. The number of aliphatic hydroxyl groups excluding tert-OH is 1. The Hall–Kier alpha value is -4.90. The van der Waals surface area contributed by atoms with Gasteiger partial charge in [-0.15, -0.1) is 0 Å². The van der Waals surface area contributed by atoms with Crippen LogP contribution in [-0.2, 0) is 42.2 Å². The Labute approximate surface area is 485 Å². The molecule has 0 bridgehead atoms. The van der Waals surface area contributed by atoms with Gasteiger partial charge >= 0.3 is 25.7 Å². The first-order chi connectivity index (χ1) is 39.2. The predicted octanol–water partition coefficient (Wildman–Crippen LogP) is 18.5. The highest BCUT2D eigenvalue weighted by molar-refractivity contribution is 7.47. The first-order valence-corrected chi connectivity index (χ1v) is 31.9. The molecule has 0 aromatic rings. The molecule has 0 saturated heterocycles. The highest BCUT2D eigenvalue weighted by atomic mass is 31.2. The summed E-state index contributed by atoms with van der Waals surface area (Å²) in [4.78, 5) is 48.6. The molecule has 0 amide bonds. The number of carbonyl (C=O) groups excluding carboxylic acids is 3. The van der Waals surface area contributed by atoms with Crippen molar-refractivity contribution >= 4 is 25.7 Å². The number of carbonyl (C=O) groups is 3. The molecule has 0 spiro atoms. The second-order valence-electron chi connectivity index (χ2n) is 19.4. The van der Waals surface area contributed by atoms with Crippen LogP contribution < -0.4 is 0 Å². The minimum absolute atomic E-state index is 0.0723. The SMILES string of the molecule is CC/C=C\C/C=C\C/C=C\C/C=C\C/C=C\CCCC(=O)OC(CO)COP(=O)(O)OCC(COC(=O)CCCCCCCC/C=C\C/C=C\C/C=C\CCCCC)OC(=O)CCC/C=C\C/C=C\C/C=C\C/C=C\C/C=C\CC. The summed E-state index contributed by atoms with van der Waals surface area (Å²) in [6.45, 7) is 4.23. The van der Waals surface area contributed by atoms with Crippen LogP contribution in [0.25, 0.3) is 0 Å². The van der Waals surface area contributed by atoms with Crippen LogP contribution in [0.3, 0.4) is 0 Å². The standard InChI is InChI=1S/C68H107O11P/c1-4-7-10-13-16-19-22-25-28-31-32-35-36-39-42-45-48-51-54-57-66(70)75-61-65(79-68(72)59-56-53-50-47-44-41-38-34-30-27-24-21-18-15-12-9-6-3)63-77-80(73,74)76-62-64(60-69)78-67(71)58-55-52-49-46-43-40-37-33-29-26-23-20-17-14-11-8-5-2/h8-9,11-12,16-21,25-30,32,35,37-38,40-41,46-47,49-50,64-65,69H,4-7,10,13-15,22-24,31,33-34,36,39,42-45,48,51-63H2,1-3H3,(H,73,74)/b11-8-,12-9-,19-16-,20-17-,21-18-,28-25-,29-26-,30-27-,35-32-,40-37-,41-38-,49-46-,50-47-. The van der Waals surface area contributed by atoms with E-state index in [0.717, 1.165) is 116 Å². The van der Waals surface area contributed by atoms with E-state index < -0.39 is 57.8 Å². The molecule has 0 rings (SSSR count). The fraction of sp³-hybridized carbons (Fsp3) is 0.574. The van der Waals surface area contributed by atoms with Crippen LogP contribution in [0.2, 0.25) is 0 Å². The first-order valence-electron chi connectivity index (χ1n) is 30.4. The Kier molecular flexibility index (Phi) is 56.5. The molecular formula is C68H107O11P. The molecular weight excluding hydrogens is 1020 g/mol. The van der Waals surface area contributed by atoms with E-state index in [2.05, 4.69) is 154 Å². The second kappa shape index (κ2) is 60.2. The lowest BCUT2D eigenvalue weighted by Gasteiger charge is -2.21. The molecule has 0 aliphatic heterocycles. The Morgan fingerprint density at radius 2 is 0.662 bits per heavy atom. The van der Waals surface area contributed by atoms with Gasteiger partial charge in [-0.3, -0.25) is 23.4 Å². The largest absolute Gasteiger partial charge is 0.472 e. The van der Waals surface area contributed by atoms with Gasteiger partial charge in [0.2, 0.25) is 0 Å². The van der Waals surface area contributed by atoms with Crippen LogP contribution in [0.4, 0.5) is 0 Å². The van der Waals surface area contributed by atoms with Crippen molar-refractivity contribution in [1.29, 1.82) is 0 Å². The van der Waals surface area contributed by atoms with Crippen molar-refractivity contribution in [3.05, 3.63) is 158 Å². The summed E-state index contributed by atoms with van der Waals surface area (Å²) in [5.41, 5.74) is 0. The van der Waals surface area contributed by atoms with Gasteiger partial charge in [-0.1, -0.05) is 217 Å².